The summed E-state index contributed by atoms with van der Waals surface area (Å²) in [5.74, 6) is 0.317. The zero-order valence-corrected chi connectivity index (χ0v) is 15.3. The van der Waals surface area contributed by atoms with E-state index in [-0.39, 0.29) is 23.4 Å². The fourth-order valence-corrected chi connectivity index (χ4v) is 3.67. The van der Waals surface area contributed by atoms with Crippen LogP contribution in [-0.4, -0.2) is 11.0 Å². The van der Waals surface area contributed by atoms with Crippen LogP contribution >= 0.6 is 0 Å². The third kappa shape index (κ3) is 6.17. The summed E-state index contributed by atoms with van der Waals surface area (Å²) in [4.78, 5) is 11.2. The minimum atomic E-state index is -0.280. The Balaban J connectivity index is 2.10. The number of hydrogen-bond acceptors (Lipinski definition) is 2. The normalized spacial score (nSPS) is 13.3. The molecular formula is C22H28FNO2. The standard InChI is InChI=1S/C22H28FNO2/c1-2-17(12-13-22(24)26)21(18-8-5-10-20(25)15-18)11-4-7-16-6-3-9-19(23)14-16/h3,5-6,8-10,14-15,17,21,25H,2,4,7,11-13H2,1H3,(H2,24,26). The average molecular weight is 357 g/mol. The molecule has 0 bridgehead atoms. The second-order valence-electron chi connectivity index (χ2n) is 6.90. The SMILES string of the molecule is CCC(CCC(N)=O)C(CCCc1cccc(F)c1)c1cccc(O)c1. The number of nitrogens with two attached hydrogens (primary N) is 1. The van der Waals surface area contributed by atoms with Gasteiger partial charge in [0.1, 0.15) is 11.6 Å². The van der Waals surface area contributed by atoms with E-state index in [1.54, 1.807) is 24.3 Å². The molecule has 0 spiro atoms. The number of primary amides is 1. The third-order valence-corrected chi connectivity index (χ3v) is 5.02. The molecule has 0 saturated carbocycles. The molecule has 3 nitrogen and oxygen atoms in total. The van der Waals surface area contributed by atoms with Crippen LogP contribution in [-0.2, 0) is 11.2 Å². The molecule has 0 radical (unpaired) electrons. The number of rotatable bonds is 10. The van der Waals surface area contributed by atoms with Crippen LogP contribution < -0.4 is 5.73 Å². The molecule has 0 fully saturated rings. The molecule has 0 aliphatic heterocycles. The second kappa shape index (κ2) is 9.95. The van der Waals surface area contributed by atoms with Crippen LogP contribution in [0.15, 0.2) is 48.5 Å². The number of hydrogen-bond donors (Lipinski definition) is 2. The summed E-state index contributed by atoms with van der Waals surface area (Å²) < 4.78 is 13.3. The minimum absolute atomic E-state index is 0.208. The van der Waals surface area contributed by atoms with Crippen molar-refractivity contribution >= 4 is 5.91 Å². The van der Waals surface area contributed by atoms with Crippen molar-refractivity contribution in [2.24, 2.45) is 11.7 Å². The lowest BCUT2D eigenvalue weighted by atomic mass is 9.78. The van der Waals surface area contributed by atoms with Gasteiger partial charge in [0.25, 0.3) is 0 Å². The van der Waals surface area contributed by atoms with Gasteiger partial charge in [-0.15, -0.1) is 0 Å². The highest BCUT2D eigenvalue weighted by atomic mass is 19.1. The fourth-order valence-electron chi connectivity index (χ4n) is 3.67. The summed E-state index contributed by atoms with van der Waals surface area (Å²) in [6.45, 7) is 2.12. The van der Waals surface area contributed by atoms with Crippen LogP contribution in [0.2, 0.25) is 0 Å². The maximum Gasteiger partial charge on any atom is 0.217 e. The molecule has 3 N–H and O–H groups in total. The lowest BCUT2D eigenvalue weighted by molar-refractivity contribution is -0.118. The Bertz CT molecular complexity index is 717. The Morgan fingerprint density at radius 2 is 1.92 bits per heavy atom. The van der Waals surface area contributed by atoms with E-state index >= 15 is 0 Å². The monoisotopic (exact) mass is 357 g/mol. The first-order valence-electron chi connectivity index (χ1n) is 9.31. The smallest absolute Gasteiger partial charge is 0.217 e. The van der Waals surface area contributed by atoms with Crippen LogP contribution in [0, 0.1) is 11.7 Å². The van der Waals surface area contributed by atoms with Crippen molar-refractivity contribution in [2.75, 3.05) is 0 Å². The molecule has 2 atom stereocenters. The van der Waals surface area contributed by atoms with Gasteiger partial charge < -0.3 is 10.8 Å². The van der Waals surface area contributed by atoms with Crippen molar-refractivity contribution in [1.29, 1.82) is 0 Å². The zero-order valence-electron chi connectivity index (χ0n) is 15.3. The average Bonchev–Trinajstić information content (AvgIpc) is 2.60. The van der Waals surface area contributed by atoms with Gasteiger partial charge in [0.2, 0.25) is 5.91 Å². The van der Waals surface area contributed by atoms with Crippen molar-refractivity contribution < 1.29 is 14.3 Å². The summed E-state index contributed by atoms with van der Waals surface area (Å²) in [6.07, 6.45) is 4.69. The maximum atomic E-state index is 13.3. The van der Waals surface area contributed by atoms with E-state index in [1.807, 2.05) is 18.2 Å². The quantitative estimate of drug-likeness (QED) is 0.633. The van der Waals surface area contributed by atoms with Gasteiger partial charge in [-0.25, -0.2) is 4.39 Å². The number of aryl methyl sites for hydroxylation is 1. The van der Waals surface area contributed by atoms with E-state index in [0.29, 0.717) is 12.3 Å². The lowest BCUT2D eigenvalue weighted by Crippen LogP contribution is -2.17. The van der Waals surface area contributed by atoms with E-state index in [0.717, 1.165) is 43.2 Å². The van der Waals surface area contributed by atoms with Crippen molar-refractivity contribution in [3.8, 4) is 5.75 Å². The summed E-state index contributed by atoms with van der Waals surface area (Å²) in [5.41, 5.74) is 7.41. The predicted molar refractivity (Wildman–Crippen MR) is 102 cm³/mol. The molecule has 0 heterocycles. The second-order valence-corrected chi connectivity index (χ2v) is 6.90. The molecule has 0 aliphatic carbocycles. The highest BCUT2D eigenvalue weighted by Crippen LogP contribution is 2.36. The number of phenols is 1. The summed E-state index contributed by atoms with van der Waals surface area (Å²) in [6, 6.07) is 14.1. The molecule has 2 unspecified atom stereocenters. The number of amides is 1. The van der Waals surface area contributed by atoms with Crippen LogP contribution in [0.3, 0.4) is 0 Å². The molecule has 140 valence electrons. The van der Waals surface area contributed by atoms with Gasteiger partial charge in [0.05, 0.1) is 0 Å². The van der Waals surface area contributed by atoms with Crippen molar-refractivity contribution in [1.82, 2.24) is 0 Å². The fraction of sp³-hybridized carbons (Fsp3) is 0.409. The third-order valence-electron chi connectivity index (χ3n) is 5.02. The topological polar surface area (TPSA) is 63.3 Å². The molecule has 2 rings (SSSR count). The van der Waals surface area contributed by atoms with Gasteiger partial charge in [-0.05, 0) is 72.9 Å². The van der Waals surface area contributed by atoms with E-state index in [1.165, 1.54) is 6.07 Å². The predicted octanol–water partition coefficient (Wildman–Crippen LogP) is 4.93. The largest absolute Gasteiger partial charge is 0.508 e. The summed E-state index contributed by atoms with van der Waals surface area (Å²) in [5, 5.41) is 9.85. The van der Waals surface area contributed by atoms with Gasteiger partial charge in [0.15, 0.2) is 0 Å². The molecule has 2 aromatic carbocycles. The minimum Gasteiger partial charge on any atom is -0.508 e. The summed E-state index contributed by atoms with van der Waals surface area (Å²) in [7, 11) is 0. The van der Waals surface area contributed by atoms with Crippen molar-refractivity contribution in [3.63, 3.8) is 0 Å². The van der Waals surface area contributed by atoms with Gasteiger partial charge in [-0.3, -0.25) is 4.79 Å². The van der Waals surface area contributed by atoms with Gasteiger partial charge >= 0.3 is 0 Å². The van der Waals surface area contributed by atoms with Gasteiger partial charge in [-0.1, -0.05) is 37.6 Å². The van der Waals surface area contributed by atoms with E-state index in [9.17, 15) is 14.3 Å². The molecule has 2 aromatic rings. The molecule has 0 aromatic heterocycles. The van der Waals surface area contributed by atoms with Crippen LogP contribution in [0.4, 0.5) is 4.39 Å². The first kappa shape index (κ1) is 20.0. The Morgan fingerprint density at radius 1 is 1.15 bits per heavy atom. The lowest BCUT2D eigenvalue weighted by Gasteiger charge is -2.27. The van der Waals surface area contributed by atoms with Crippen LogP contribution in [0.1, 0.15) is 56.1 Å². The van der Waals surface area contributed by atoms with Gasteiger partial charge in [0, 0.05) is 6.42 Å². The van der Waals surface area contributed by atoms with Crippen LogP contribution in [0.25, 0.3) is 0 Å². The number of halogens is 1. The van der Waals surface area contributed by atoms with Crippen molar-refractivity contribution in [3.05, 3.63) is 65.5 Å². The molecular weight excluding hydrogens is 329 g/mol. The Morgan fingerprint density at radius 3 is 2.58 bits per heavy atom. The van der Waals surface area contributed by atoms with E-state index in [2.05, 4.69) is 6.92 Å². The number of phenolic OH excluding ortho intramolecular Hbond substituents is 1. The zero-order chi connectivity index (χ0) is 18.9. The molecule has 4 heteroatoms. The number of carbonyl (C=O) groups is 1. The highest BCUT2D eigenvalue weighted by Gasteiger charge is 2.22. The molecule has 1 amide bonds. The van der Waals surface area contributed by atoms with E-state index in [4.69, 9.17) is 5.73 Å². The molecule has 26 heavy (non-hydrogen) atoms. The first-order valence-corrected chi connectivity index (χ1v) is 9.31. The Labute approximate surface area is 155 Å². The molecule has 0 saturated heterocycles. The number of carbonyl (C=O) groups excluding carboxylic acids is 1. The Kier molecular flexibility index (Phi) is 7.64. The van der Waals surface area contributed by atoms with Crippen LogP contribution in [0.5, 0.6) is 5.75 Å². The van der Waals surface area contributed by atoms with E-state index < -0.39 is 0 Å². The molecule has 0 aliphatic rings. The number of aromatic hydroxyl groups is 1. The summed E-state index contributed by atoms with van der Waals surface area (Å²) >= 11 is 0. The first-order chi connectivity index (χ1) is 12.5. The van der Waals surface area contributed by atoms with Crippen molar-refractivity contribution in [2.45, 2.75) is 51.4 Å². The highest BCUT2D eigenvalue weighted by molar-refractivity contribution is 5.73. The number of benzene rings is 2. The maximum absolute atomic E-state index is 13.3. The Hall–Kier alpha value is -2.36. The van der Waals surface area contributed by atoms with Gasteiger partial charge in [-0.2, -0.15) is 0 Å².